The molecule has 0 aliphatic rings. The molecule has 110 valence electrons. The predicted molar refractivity (Wildman–Crippen MR) is 83.8 cm³/mol. The van der Waals surface area contributed by atoms with Crippen molar-refractivity contribution in [2.45, 2.75) is 13.2 Å². The second-order valence-corrected chi connectivity index (χ2v) is 6.66. The Kier molecular flexibility index (Phi) is 4.25. The lowest BCUT2D eigenvalue weighted by Gasteiger charge is -2.14. The van der Waals surface area contributed by atoms with Crippen molar-refractivity contribution in [1.82, 2.24) is 14.7 Å². The molecule has 3 aromatic heterocycles. The monoisotopic (exact) mass is 341 g/mol. The van der Waals surface area contributed by atoms with Crippen molar-refractivity contribution >= 4 is 35.2 Å². The minimum absolute atomic E-state index is 0.317. The van der Waals surface area contributed by atoms with E-state index < -0.39 is 0 Å². The zero-order chi connectivity index (χ0) is 14.8. The Morgan fingerprint density at radius 1 is 1.43 bits per heavy atom. The largest absolute Gasteiger partial charge is 0.459 e. The summed E-state index contributed by atoms with van der Waals surface area (Å²) < 4.78 is 13.1. The lowest BCUT2D eigenvalue weighted by atomic mass is 10.4. The average Bonchev–Trinajstić information content (AvgIpc) is 3.13. The first-order chi connectivity index (χ1) is 10.1. The fraction of sp³-hybridized carbons (Fsp3) is 0.231. The molecule has 0 fully saturated rings. The SMILES string of the molecule is CN(Cc1ccc(Cl)s1)Cn1nc(-c2ccco2)oc1=S. The van der Waals surface area contributed by atoms with E-state index in [0.29, 0.717) is 23.2 Å². The molecule has 0 unspecified atom stereocenters. The number of nitrogens with zero attached hydrogens (tertiary/aromatic N) is 3. The molecule has 0 saturated carbocycles. The Labute approximate surface area is 135 Å². The summed E-state index contributed by atoms with van der Waals surface area (Å²) in [5.41, 5.74) is 0. The standard InChI is InChI=1S/C13H12ClN3O2S2/c1-16(7-9-4-5-11(14)21-9)8-17-13(20)19-12(15-17)10-3-2-6-18-10/h2-6H,7-8H2,1H3. The Morgan fingerprint density at radius 3 is 2.95 bits per heavy atom. The van der Waals surface area contributed by atoms with Crippen LogP contribution in [0.2, 0.25) is 4.34 Å². The van der Waals surface area contributed by atoms with E-state index in [9.17, 15) is 0 Å². The van der Waals surface area contributed by atoms with Gasteiger partial charge in [-0.25, -0.2) is 4.68 Å². The third kappa shape index (κ3) is 3.44. The van der Waals surface area contributed by atoms with E-state index in [1.165, 1.54) is 4.88 Å². The summed E-state index contributed by atoms with van der Waals surface area (Å²) in [6, 6.07) is 7.47. The molecule has 0 N–H and O–H groups in total. The van der Waals surface area contributed by atoms with Crippen LogP contribution in [0.25, 0.3) is 11.7 Å². The number of hydrogen-bond donors (Lipinski definition) is 0. The van der Waals surface area contributed by atoms with Gasteiger partial charge in [0.05, 0.1) is 17.3 Å². The van der Waals surface area contributed by atoms with E-state index in [2.05, 4.69) is 10.00 Å². The van der Waals surface area contributed by atoms with Crippen LogP contribution < -0.4 is 0 Å². The maximum absolute atomic E-state index is 5.93. The molecule has 0 aromatic carbocycles. The van der Waals surface area contributed by atoms with E-state index in [1.54, 1.807) is 34.4 Å². The highest BCUT2D eigenvalue weighted by molar-refractivity contribution is 7.71. The molecule has 0 spiro atoms. The summed E-state index contributed by atoms with van der Waals surface area (Å²) in [6.45, 7) is 1.29. The first-order valence-electron chi connectivity index (χ1n) is 6.16. The van der Waals surface area contributed by atoms with Crippen molar-refractivity contribution in [2.75, 3.05) is 7.05 Å². The summed E-state index contributed by atoms with van der Waals surface area (Å²) in [5, 5.41) is 4.33. The molecule has 3 aromatic rings. The smallest absolute Gasteiger partial charge is 0.288 e. The topological polar surface area (TPSA) is 47.3 Å². The van der Waals surface area contributed by atoms with Gasteiger partial charge in [0, 0.05) is 11.4 Å². The van der Waals surface area contributed by atoms with Gasteiger partial charge < -0.3 is 8.83 Å². The first kappa shape index (κ1) is 14.5. The van der Waals surface area contributed by atoms with Crippen LogP contribution >= 0.6 is 35.2 Å². The van der Waals surface area contributed by atoms with Gasteiger partial charge in [0.25, 0.3) is 10.7 Å². The van der Waals surface area contributed by atoms with Crippen molar-refractivity contribution in [2.24, 2.45) is 0 Å². The van der Waals surface area contributed by atoms with Gasteiger partial charge in [-0.15, -0.1) is 16.4 Å². The van der Waals surface area contributed by atoms with Crippen LogP contribution in [0.15, 0.2) is 39.4 Å². The van der Waals surface area contributed by atoms with Gasteiger partial charge in [-0.3, -0.25) is 4.90 Å². The summed E-state index contributed by atoms with van der Waals surface area (Å²) in [7, 11) is 1.98. The quantitative estimate of drug-likeness (QED) is 0.648. The lowest BCUT2D eigenvalue weighted by Crippen LogP contribution is -2.22. The predicted octanol–water partition coefficient (Wildman–Crippen LogP) is 4.27. The molecule has 21 heavy (non-hydrogen) atoms. The molecule has 0 atom stereocenters. The molecule has 0 aliphatic heterocycles. The fourth-order valence-electron chi connectivity index (χ4n) is 1.88. The number of rotatable bonds is 5. The van der Waals surface area contributed by atoms with Gasteiger partial charge in [-0.1, -0.05) is 11.6 Å². The van der Waals surface area contributed by atoms with Crippen LogP contribution in [0, 0.1) is 4.84 Å². The van der Waals surface area contributed by atoms with Crippen LogP contribution in [0.1, 0.15) is 4.88 Å². The number of halogens is 1. The number of thiophene rings is 1. The van der Waals surface area contributed by atoms with E-state index in [0.717, 1.165) is 10.9 Å². The summed E-state index contributed by atoms with van der Waals surface area (Å²) in [6.07, 6.45) is 1.57. The van der Waals surface area contributed by atoms with E-state index in [-0.39, 0.29) is 0 Å². The Hall–Kier alpha value is -1.41. The average molecular weight is 342 g/mol. The van der Waals surface area contributed by atoms with Gasteiger partial charge in [-0.2, -0.15) is 0 Å². The Balaban J connectivity index is 1.71. The van der Waals surface area contributed by atoms with Crippen LogP contribution in [-0.2, 0) is 13.2 Å². The summed E-state index contributed by atoms with van der Waals surface area (Å²) in [5.74, 6) is 0.949. The number of hydrogen-bond acceptors (Lipinski definition) is 6. The maximum atomic E-state index is 5.93. The van der Waals surface area contributed by atoms with Crippen LogP contribution in [-0.4, -0.2) is 21.7 Å². The highest BCUT2D eigenvalue weighted by atomic mass is 35.5. The maximum Gasteiger partial charge on any atom is 0.288 e. The molecular weight excluding hydrogens is 330 g/mol. The van der Waals surface area contributed by atoms with Gasteiger partial charge in [0.15, 0.2) is 5.76 Å². The normalized spacial score (nSPS) is 11.4. The summed E-state index contributed by atoms with van der Waals surface area (Å²) in [4.78, 5) is 3.58. The van der Waals surface area contributed by atoms with Crippen molar-refractivity contribution in [3.05, 3.63) is 44.6 Å². The van der Waals surface area contributed by atoms with Crippen LogP contribution in [0.3, 0.4) is 0 Å². The summed E-state index contributed by atoms with van der Waals surface area (Å²) >= 11 is 12.7. The zero-order valence-electron chi connectivity index (χ0n) is 11.2. The van der Waals surface area contributed by atoms with E-state index >= 15 is 0 Å². The third-order valence-corrected chi connectivity index (χ3v) is 4.28. The highest BCUT2D eigenvalue weighted by Crippen LogP contribution is 2.23. The first-order valence-corrected chi connectivity index (χ1v) is 7.76. The second-order valence-electron chi connectivity index (χ2n) is 4.51. The lowest BCUT2D eigenvalue weighted by molar-refractivity contribution is 0.242. The van der Waals surface area contributed by atoms with Gasteiger partial charge in [0.1, 0.15) is 0 Å². The number of furan rings is 1. The molecule has 0 amide bonds. The van der Waals surface area contributed by atoms with Crippen molar-refractivity contribution in [3.8, 4) is 11.7 Å². The molecule has 0 radical (unpaired) electrons. The van der Waals surface area contributed by atoms with Gasteiger partial charge in [0.2, 0.25) is 0 Å². The van der Waals surface area contributed by atoms with E-state index in [4.69, 9.17) is 32.7 Å². The molecular formula is C13H12ClN3O2S2. The highest BCUT2D eigenvalue weighted by Gasteiger charge is 2.12. The van der Waals surface area contributed by atoms with Crippen LogP contribution in [0.5, 0.6) is 0 Å². The van der Waals surface area contributed by atoms with E-state index in [1.807, 2.05) is 19.2 Å². The molecule has 3 rings (SSSR count). The van der Waals surface area contributed by atoms with Crippen LogP contribution in [0.4, 0.5) is 0 Å². The molecule has 0 aliphatic carbocycles. The molecule has 0 saturated heterocycles. The van der Waals surface area contributed by atoms with Crippen molar-refractivity contribution in [3.63, 3.8) is 0 Å². The van der Waals surface area contributed by atoms with Gasteiger partial charge >= 0.3 is 0 Å². The molecule has 8 heteroatoms. The molecule has 5 nitrogen and oxygen atoms in total. The number of aromatic nitrogens is 2. The van der Waals surface area contributed by atoms with Gasteiger partial charge in [-0.05, 0) is 43.5 Å². The molecule has 3 heterocycles. The zero-order valence-corrected chi connectivity index (χ0v) is 13.5. The minimum atomic E-state index is 0.317. The van der Waals surface area contributed by atoms with Crippen molar-refractivity contribution < 1.29 is 8.83 Å². The van der Waals surface area contributed by atoms with Crippen molar-refractivity contribution in [1.29, 1.82) is 0 Å². The Morgan fingerprint density at radius 2 is 2.29 bits per heavy atom. The Bertz CT molecular complexity index is 776. The second kappa shape index (κ2) is 6.15. The third-order valence-electron chi connectivity index (χ3n) is 2.77. The fourth-order valence-corrected chi connectivity index (χ4v) is 3.22. The minimum Gasteiger partial charge on any atom is -0.459 e. The molecule has 0 bridgehead atoms.